The Labute approximate surface area is 170 Å². The molecule has 2 aromatic heterocycles. The van der Waals surface area contributed by atoms with E-state index in [9.17, 15) is 0 Å². The highest BCUT2D eigenvalue weighted by Crippen LogP contribution is 2.25. The standard InChI is InChI=1S/C20H27N5O4/c1-7-28-16-17(1)15-21-23-19-13-18(25-5-10-27-11-6-25)14-20(22-19)29-12-4-24-2-8-26-9-3-24/h1,7,13-16H,2-6,8-12H2,(H,22,23). The number of hydrogen-bond donors (Lipinski definition) is 1. The van der Waals surface area contributed by atoms with E-state index in [1.54, 1.807) is 18.7 Å². The number of hydrogen-bond acceptors (Lipinski definition) is 9. The summed E-state index contributed by atoms with van der Waals surface area (Å²) in [5, 5.41) is 4.25. The van der Waals surface area contributed by atoms with Gasteiger partial charge in [0.2, 0.25) is 5.88 Å². The molecule has 1 N–H and O–H groups in total. The molecule has 4 rings (SSSR count). The highest BCUT2D eigenvalue weighted by molar-refractivity contribution is 5.79. The maximum Gasteiger partial charge on any atom is 0.217 e. The number of nitrogens with one attached hydrogen (secondary N) is 1. The van der Waals surface area contributed by atoms with Gasteiger partial charge in [-0.15, -0.1) is 0 Å². The number of ether oxygens (including phenoxy) is 3. The van der Waals surface area contributed by atoms with Crippen LogP contribution in [0.15, 0.2) is 40.2 Å². The average Bonchev–Trinajstić information content (AvgIpc) is 3.29. The van der Waals surface area contributed by atoms with Gasteiger partial charge in [0.1, 0.15) is 6.61 Å². The van der Waals surface area contributed by atoms with Crippen LogP contribution in [0.25, 0.3) is 0 Å². The van der Waals surface area contributed by atoms with Crippen molar-refractivity contribution in [3.8, 4) is 5.88 Å². The zero-order valence-corrected chi connectivity index (χ0v) is 16.5. The molecule has 0 saturated carbocycles. The first-order valence-corrected chi connectivity index (χ1v) is 9.96. The first-order chi connectivity index (χ1) is 14.4. The van der Waals surface area contributed by atoms with Crippen LogP contribution in [0.3, 0.4) is 0 Å². The lowest BCUT2D eigenvalue weighted by Gasteiger charge is -2.29. The predicted octanol–water partition coefficient (Wildman–Crippen LogP) is 1.67. The maximum atomic E-state index is 5.97. The van der Waals surface area contributed by atoms with Crippen molar-refractivity contribution in [3.63, 3.8) is 0 Å². The van der Waals surface area contributed by atoms with E-state index in [1.807, 2.05) is 18.2 Å². The second-order valence-corrected chi connectivity index (χ2v) is 6.88. The van der Waals surface area contributed by atoms with Gasteiger partial charge in [0.05, 0.1) is 45.2 Å². The van der Waals surface area contributed by atoms with E-state index in [2.05, 4.69) is 25.3 Å². The van der Waals surface area contributed by atoms with Crippen LogP contribution in [0.5, 0.6) is 5.88 Å². The molecule has 4 heterocycles. The number of furan rings is 1. The first kappa shape index (κ1) is 19.7. The summed E-state index contributed by atoms with van der Waals surface area (Å²) in [5.74, 6) is 1.22. The fraction of sp³-hybridized carbons (Fsp3) is 0.500. The molecule has 156 valence electrons. The largest absolute Gasteiger partial charge is 0.476 e. The van der Waals surface area contributed by atoms with Crippen molar-refractivity contribution in [2.24, 2.45) is 5.10 Å². The summed E-state index contributed by atoms with van der Waals surface area (Å²) in [7, 11) is 0. The Bertz CT molecular complexity index is 771. The van der Waals surface area contributed by atoms with Gasteiger partial charge >= 0.3 is 0 Å². The normalized spacial score (nSPS) is 18.3. The minimum absolute atomic E-state index is 0.581. The third-order valence-electron chi connectivity index (χ3n) is 4.86. The van der Waals surface area contributed by atoms with Crippen molar-refractivity contribution in [1.29, 1.82) is 0 Å². The number of nitrogens with zero attached hydrogens (tertiary/aromatic N) is 4. The number of morpholine rings is 2. The Kier molecular flexibility index (Phi) is 6.95. The van der Waals surface area contributed by atoms with Crippen LogP contribution < -0.4 is 15.1 Å². The van der Waals surface area contributed by atoms with Gasteiger partial charge in [-0.2, -0.15) is 10.1 Å². The van der Waals surface area contributed by atoms with E-state index >= 15 is 0 Å². The molecule has 0 aliphatic carbocycles. The topological polar surface area (TPSA) is 84.6 Å². The maximum absolute atomic E-state index is 5.97. The molecule has 0 bridgehead atoms. The van der Waals surface area contributed by atoms with Crippen LogP contribution in [0.2, 0.25) is 0 Å². The summed E-state index contributed by atoms with van der Waals surface area (Å²) < 4.78 is 21.9. The third kappa shape index (κ3) is 5.93. The number of rotatable bonds is 8. The number of anilines is 2. The van der Waals surface area contributed by atoms with Crippen molar-refractivity contribution in [2.75, 3.05) is 76.1 Å². The Balaban J connectivity index is 1.41. The summed E-state index contributed by atoms with van der Waals surface area (Å²) in [5.41, 5.74) is 4.92. The van der Waals surface area contributed by atoms with E-state index in [0.717, 1.165) is 70.4 Å². The summed E-state index contributed by atoms with van der Waals surface area (Å²) in [6.07, 6.45) is 4.92. The molecule has 0 aromatic carbocycles. The lowest BCUT2D eigenvalue weighted by molar-refractivity contribution is 0.0320. The van der Waals surface area contributed by atoms with Crippen molar-refractivity contribution in [1.82, 2.24) is 9.88 Å². The molecule has 0 atom stereocenters. The molecule has 2 saturated heterocycles. The molecule has 0 spiro atoms. The predicted molar refractivity (Wildman–Crippen MR) is 110 cm³/mol. The van der Waals surface area contributed by atoms with Gasteiger partial charge in [-0.1, -0.05) is 0 Å². The lowest BCUT2D eigenvalue weighted by atomic mass is 10.3. The molecular weight excluding hydrogens is 374 g/mol. The van der Waals surface area contributed by atoms with E-state index in [-0.39, 0.29) is 0 Å². The van der Waals surface area contributed by atoms with Gasteiger partial charge in [-0.05, 0) is 6.07 Å². The van der Waals surface area contributed by atoms with Crippen LogP contribution in [0.4, 0.5) is 11.5 Å². The second kappa shape index (κ2) is 10.2. The monoisotopic (exact) mass is 401 g/mol. The average molecular weight is 401 g/mol. The van der Waals surface area contributed by atoms with Gasteiger partial charge in [-0.25, -0.2) is 0 Å². The highest BCUT2D eigenvalue weighted by atomic mass is 16.5. The molecule has 2 fully saturated rings. The summed E-state index contributed by atoms with van der Waals surface area (Å²) in [4.78, 5) is 9.16. The molecule has 2 aromatic rings. The van der Waals surface area contributed by atoms with Crippen LogP contribution in [-0.4, -0.2) is 81.9 Å². The molecule has 9 nitrogen and oxygen atoms in total. The molecule has 0 radical (unpaired) electrons. The summed E-state index contributed by atoms with van der Waals surface area (Å²) in [6, 6.07) is 5.80. The Morgan fingerprint density at radius 1 is 1.10 bits per heavy atom. The van der Waals surface area contributed by atoms with Crippen LogP contribution in [-0.2, 0) is 9.47 Å². The number of pyridine rings is 1. The lowest BCUT2D eigenvalue weighted by Crippen LogP contribution is -2.38. The molecule has 2 aliphatic heterocycles. The van der Waals surface area contributed by atoms with Gasteiger partial charge in [0.25, 0.3) is 0 Å². The van der Waals surface area contributed by atoms with Gasteiger partial charge in [0, 0.05) is 56.1 Å². The van der Waals surface area contributed by atoms with E-state index in [4.69, 9.17) is 18.6 Å². The van der Waals surface area contributed by atoms with Crippen LogP contribution in [0, 0.1) is 0 Å². The van der Waals surface area contributed by atoms with Gasteiger partial charge in [0.15, 0.2) is 5.82 Å². The Morgan fingerprint density at radius 2 is 1.90 bits per heavy atom. The summed E-state index contributed by atoms with van der Waals surface area (Å²) >= 11 is 0. The number of hydrazone groups is 1. The van der Waals surface area contributed by atoms with Gasteiger partial charge in [-0.3, -0.25) is 10.3 Å². The third-order valence-corrected chi connectivity index (χ3v) is 4.86. The highest BCUT2D eigenvalue weighted by Gasteiger charge is 2.15. The van der Waals surface area contributed by atoms with E-state index in [0.29, 0.717) is 18.3 Å². The second-order valence-electron chi connectivity index (χ2n) is 6.88. The zero-order valence-electron chi connectivity index (χ0n) is 16.5. The Hall–Kier alpha value is -2.62. The first-order valence-electron chi connectivity index (χ1n) is 9.96. The van der Waals surface area contributed by atoms with E-state index < -0.39 is 0 Å². The zero-order chi connectivity index (χ0) is 19.7. The van der Waals surface area contributed by atoms with Gasteiger partial charge < -0.3 is 23.5 Å². The van der Waals surface area contributed by atoms with Crippen molar-refractivity contribution in [2.45, 2.75) is 0 Å². The van der Waals surface area contributed by atoms with Crippen LogP contribution in [0.1, 0.15) is 5.56 Å². The fourth-order valence-corrected chi connectivity index (χ4v) is 3.25. The molecular formula is C20H27N5O4. The SMILES string of the molecule is C(=NNc1cc(N2CCOCC2)cc(OCCN2CCOCC2)n1)c1ccoc1. The molecule has 0 amide bonds. The molecule has 29 heavy (non-hydrogen) atoms. The minimum atomic E-state index is 0.581. The van der Waals surface area contributed by atoms with Crippen LogP contribution >= 0.6 is 0 Å². The van der Waals surface area contributed by atoms with E-state index in [1.165, 1.54) is 0 Å². The van der Waals surface area contributed by atoms with Crippen molar-refractivity contribution >= 4 is 17.7 Å². The number of aromatic nitrogens is 1. The molecule has 9 heteroatoms. The quantitative estimate of drug-likeness (QED) is 0.528. The Morgan fingerprint density at radius 3 is 2.66 bits per heavy atom. The van der Waals surface area contributed by atoms with Crippen molar-refractivity contribution < 1.29 is 18.6 Å². The smallest absolute Gasteiger partial charge is 0.217 e. The molecule has 0 unspecified atom stereocenters. The molecule has 2 aliphatic rings. The fourth-order valence-electron chi connectivity index (χ4n) is 3.25. The summed E-state index contributed by atoms with van der Waals surface area (Å²) in [6.45, 7) is 8.02. The van der Waals surface area contributed by atoms with Crippen molar-refractivity contribution in [3.05, 3.63) is 36.3 Å². The minimum Gasteiger partial charge on any atom is -0.476 e.